The van der Waals surface area contributed by atoms with Crippen molar-refractivity contribution >= 4 is 11.5 Å². The topological polar surface area (TPSA) is 88.8 Å². The number of aromatic nitrogens is 2. The number of aliphatic hydroxyl groups is 1. The number of azo groups is 1. The van der Waals surface area contributed by atoms with E-state index in [1.807, 2.05) is 24.3 Å². The summed E-state index contributed by atoms with van der Waals surface area (Å²) in [7, 11) is 0. The van der Waals surface area contributed by atoms with Gasteiger partial charge in [0.1, 0.15) is 0 Å². The van der Waals surface area contributed by atoms with Gasteiger partial charge in [-0.05, 0) is 19.1 Å². The normalized spacial score (nSPS) is 18.9. The van der Waals surface area contributed by atoms with Gasteiger partial charge in [0.25, 0.3) is 0 Å². The lowest BCUT2D eigenvalue weighted by Gasteiger charge is -2.09. The molecule has 3 N–H and O–H groups in total. The Labute approximate surface area is 104 Å². The number of nitrogens with zero attached hydrogens (tertiary/aromatic N) is 4. The zero-order valence-electron chi connectivity index (χ0n) is 9.85. The van der Waals surface area contributed by atoms with Crippen LogP contribution in [-0.2, 0) is 0 Å². The van der Waals surface area contributed by atoms with Crippen molar-refractivity contribution in [3.63, 3.8) is 0 Å². The maximum absolute atomic E-state index is 9.51. The second kappa shape index (κ2) is 3.92. The van der Waals surface area contributed by atoms with Crippen LogP contribution in [0.25, 0.3) is 0 Å². The molecule has 0 bridgehead atoms. The lowest BCUT2D eigenvalue weighted by atomic mass is 10.1. The highest BCUT2D eigenvalue weighted by Crippen LogP contribution is 2.34. The average Bonchev–Trinajstić information content (AvgIpc) is 2.87. The van der Waals surface area contributed by atoms with E-state index in [4.69, 9.17) is 5.73 Å². The molecule has 2 aromatic rings. The summed E-state index contributed by atoms with van der Waals surface area (Å²) in [5.41, 5.74) is 7.96. The Morgan fingerprint density at radius 1 is 1.39 bits per heavy atom. The number of aliphatic hydroxyl groups excluding tert-OH is 1. The first-order valence-corrected chi connectivity index (χ1v) is 5.69. The largest absolute Gasteiger partial charge is 0.399 e. The minimum absolute atomic E-state index is 0.295. The van der Waals surface area contributed by atoms with Crippen LogP contribution in [0, 0.1) is 0 Å². The molecular formula is C12H13N5O. The quantitative estimate of drug-likeness (QED) is 0.792. The van der Waals surface area contributed by atoms with Gasteiger partial charge in [0.2, 0.25) is 0 Å². The molecule has 2 unspecified atom stereocenters. The molecule has 0 fully saturated rings. The summed E-state index contributed by atoms with van der Waals surface area (Å²) in [5, 5.41) is 22.1. The number of hydrogen-bond donors (Lipinski definition) is 2. The molecule has 0 amide bonds. The van der Waals surface area contributed by atoms with Crippen LogP contribution in [0.2, 0.25) is 0 Å². The minimum Gasteiger partial charge on any atom is -0.399 e. The van der Waals surface area contributed by atoms with Crippen LogP contribution in [0.1, 0.15) is 30.5 Å². The highest BCUT2D eigenvalue weighted by atomic mass is 16.3. The van der Waals surface area contributed by atoms with Gasteiger partial charge in [0.15, 0.2) is 12.0 Å². The second-order valence-corrected chi connectivity index (χ2v) is 4.31. The Hall–Kier alpha value is -2.21. The summed E-state index contributed by atoms with van der Waals surface area (Å²) >= 11 is 0. The third-order valence-corrected chi connectivity index (χ3v) is 2.87. The van der Waals surface area contributed by atoms with Crippen molar-refractivity contribution in [2.75, 3.05) is 5.73 Å². The zero-order valence-corrected chi connectivity index (χ0v) is 9.85. The van der Waals surface area contributed by atoms with E-state index in [0.717, 1.165) is 5.56 Å². The van der Waals surface area contributed by atoms with Crippen LogP contribution in [-0.4, -0.2) is 14.9 Å². The van der Waals surface area contributed by atoms with Crippen molar-refractivity contribution < 1.29 is 5.11 Å². The number of nitrogen functional groups attached to an aromatic ring is 1. The minimum atomic E-state index is -0.611. The first kappa shape index (κ1) is 10.9. The van der Waals surface area contributed by atoms with E-state index < -0.39 is 6.10 Å². The molecule has 0 saturated heterocycles. The first-order chi connectivity index (χ1) is 8.65. The second-order valence-electron chi connectivity index (χ2n) is 4.31. The number of fused-ring (bicyclic) bond motifs is 1. The molecule has 1 aromatic carbocycles. The van der Waals surface area contributed by atoms with E-state index in [1.165, 1.54) is 0 Å². The molecule has 1 aliphatic heterocycles. The van der Waals surface area contributed by atoms with Gasteiger partial charge < -0.3 is 10.8 Å². The van der Waals surface area contributed by atoms with Crippen LogP contribution in [0.4, 0.5) is 11.5 Å². The van der Waals surface area contributed by atoms with Crippen molar-refractivity contribution in [1.82, 2.24) is 9.78 Å². The van der Waals surface area contributed by atoms with Gasteiger partial charge in [-0.15, -0.1) is 5.11 Å². The molecule has 3 rings (SSSR count). The number of rotatable bonds is 2. The van der Waals surface area contributed by atoms with Gasteiger partial charge in [-0.1, -0.05) is 12.1 Å². The standard InChI is InChI=1S/C12H13N5O/c1-7(18)10-6-11-14-15-12(17(11)16-10)8-3-2-4-9(13)5-8/h2-7,12,18H,13H2,1H3. The number of nitrogens with two attached hydrogens (primary N) is 1. The highest BCUT2D eigenvalue weighted by Gasteiger charge is 2.24. The monoisotopic (exact) mass is 243 g/mol. The smallest absolute Gasteiger partial charge is 0.190 e. The van der Waals surface area contributed by atoms with E-state index in [2.05, 4.69) is 15.3 Å². The molecule has 1 aliphatic rings. The molecule has 6 nitrogen and oxygen atoms in total. The Bertz CT molecular complexity index is 617. The summed E-state index contributed by atoms with van der Waals surface area (Å²) in [6, 6.07) is 9.21. The van der Waals surface area contributed by atoms with Gasteiger partial charge >= 0.3 is 0 Å². The lowest BCUT2D eigenvalue weighted by molar-refractivity contribution is 0.193. The maximum atomic E-state index is 9.51. The Kier molecular flexibility index (Phi) is 2.38. The molecule has 92 valence electrons. The summed E-state index contributed by atoms with van der Waals surface area (Å²) < 4.78 is 1.69. The molecular weight excluding hydrogens is 230 g/mol. The Morgan fingerprint density at radius 3 is 2.94 bits per heavy atom. The summed E-state index contributed by atoms with van der Waals surface area (Å²) in [4.78, 5) is 0. The fourth-order valence-corrected chi connectivity index (χ4v) is 1.95. The van der Waals surface area contributed by atoms with Crippen LogP contribution in [0.5, 0.6) is 0 Å². The van der Waals surface area contributed by atoms with Crippen LogP contribution < -0.4 is 5.73 Å². The molecule has 2 heterocycles. The number of benzene rings is 1. The van der Waals surface area contributed by atoms with Gasteiger partial charge in [0, 0.05) is 17.3 Å². The average molecular weight is 243 g/mol. The van der Waals surface area contributed by atoms with Gasteiger partial charge in [-0.25, -0.2) is 4.68 Å². The van der Waals surface area contributed by atoms with E-state index >= 15 is 0 Å². The summed E-state index contributed by atoms with van der Waals surface area (Å²) in [5.74, 6) is 0.651. The van der Waals surface area contributed by atoms with Crippen molar-refractivity contribution in [3.8, 4) is 0 Å². The Balaban J connectivity index is 2.02. The lowest BCUT2D eigenvalue weighted by Crippen LogP contribution is -2.07. The van der Waals surface area contributed by atoms with Crippen molar-refractivity contribution in [3.05, 3.63) is 41.6 Å². The summed E-state index contributed by atoms with van der Waals surface area (Å²) in [6.07, 6.45) is -0.907. The highest BCUT2D eigenvalue weighted by molar-refractivity contribution is 5.43. The van der Waals surface area contributed by atoms with Crippen LogP contribution >= 0.6 is 0 Å². The predicted molar refractivity (Wildman–Crippen MR) is 66.4 cm³/mol. The van der Waals surface area contributed by atoms with E-state index in [0.29, 0.717) is 17.2 Å². The SMILES string of the molecule is CC(O)c1cc2n(n1)C(c1cccc(N)c1)N=N2. The van der Waals surface area contributed by atoms with Gasteiger partial charge in [-0.2, -0.15) is 10.2 Å². The molecule has 2 atom stereocenters. The molecule has 0 saturated carbocycles. The fourth-order valence-electron chi connectivity index (χ4n) is 1.95. The number of anilines is 1. The van der Waals surface area contributed by atoms with Crippen molar-refractivity contribution in [2.24, 2.45) is 10.2 Å². The summed E-state index contributed by atoms with van der Waals surface area (Å²) in [6.45, 7) is 1.67. The van der Waals surface area contributed by atoms with Crippen LogP contribution in [0.15, 0.2) is 40.6 Å². The van der Waals surface area contributed by atoms with Crippen LogP contribution in [0.3, 0.4) is 0 Å². The van der Waals surface area contributed by atoms with Gasteiger partial charge in [0.05, 0.1) is 11.8 Å². The van der Waals surface area contributed by atoms with Gasteiger partial charge in [-0.3, -0.25) is 0 Å². The van der Waals surface area contributed by atoms with E-state index in [9.17, 15) is 5.11 Å². The molecule has 0 radical (unpaired) electrons. The Morgan fingerprint density at radius 2 is 2.22 bits per heavy atom. The third-order valence-electron chi connectivity index (χ3n) is 2.87. The van der Waals surface area contributed by atoms with Crippen molar-refractivity contribution in [2.45, 2.75) is 19.2 Å². The maximum Gasteiger partial charge on any atom is 0.190 e. The molecule has 6 heteroatoms. The molecule has 1 aromatic heterocycles. The fraction of sp³-hybridized carbons (Fsp3) is 0.250. The molecule has 0 aliphatic carbocycles. The van der Waals surface area contributed by atoms with E-state index in [-0.39, 0.29) is 6.17 Å². The molecule has 18 heavy (non-hydrogen) atoms. The van der Waals surface area contributed by atoms with Crippen molar-refractivity contribution in [1.29, 1.82) is 0 Å². The number of hydrogen-bond acceptors (Lipinski definition) is 5. The van der Waals surface area contributed by atoms with E-state index in [1.54, 1.807) is 17.7 Å². The first-order valence-electron chi connectivity index (χ1n) is 5.69. The molecule has 0 spiro atoms. The zero-order chi connectivity index (χ0) is 12.7. The third kappa shape index (κ3) is 1.67. The predicted octanol–water partition coefficient (Wildman–Crippen LogP) is 2.16.